The van der Waals surface area contributed by atoms with Crippen molar-refractivity contribution in [3.63, 3.8) is 0 Å². The molecule has 4 amide bonds. The van der Waals surface area contributed by atoms with Gasteiger partial charge in [-0.1, -0.05) is 12.1 Å². The summed E-state index contributed by atoms with van der Waals surface area (Å²) in [4.78, 5) is 50.0. The Morgan fingerprint density at radius 2 is 2.03 bits per heavy atom. The van der Waals surface area contributed by atoms with Gasteiger partial charge in [-0.2, -0.15) is 0 Å². The fraction of sp³-hybridized carbons (Fsp3) is 0.500. The van der Waals surface area contributed by atoms with Crippen LogP contribution < -0.4 is 26.0 Å². The predicted octanol–water partition coefficient (Wildman–Crippen LogP) is -1.69. The molecule has 5 N–H and O–H groups in total. The van der Waals surface area contributed by atoms with E-state index in [0.29, 0.717) is 6.61 Å². The van der Waals surface area contributed by atoms with E-state index < -0.39 is 48.7 Å². The Morgan fingerprint density at radius 3 is 2.77 bits per heavy atom. The first-order chi connectivity index (χ1) is 15.0. The van der Waals surface area contributed by atoms with Gasteiger partial charge in [-0.25, -0.2) is 0 Å². The van der Waals surface area contributed by atoms with Gasteiger partial charge in [0.1, 0.15) is 24.4 Å². The minimum absolute atomic E-state index is 0.0590. The van der Waals surface area contributed by atoms with Crippen LogP contribution >= 0.6 is 0 Å². The quantitative estimate of drug-likeness (QED) is 0.333. The normalized spacial score (nSPS) is 20.3. The Balaban J connectivity index is 2.24. The lowest BCUT2D eigenvalue weighted by Crippen LogP contribution is -2.53. The first-order valence-corrected chi connectivity index (χ1v) is 10.0. The summed E-state index contributed by atoms with van der Waals surface area (Å²) >= 11 is 0. The molecule has 11 nitrogen and oxygen atoms in total. The SMILES string of the molecule is CCOCCNC(=O)[C@@H]1CC(=O)N[C@@H](CO)C(=O)NCCOc2ccccc2C(=O)N1. The van der Waals surface area contributed by atoms with E-state index in [0.717, 1.165) is 0 Å². The molecular formula is C20H28N4O7. The zero-order chi connectivity index (χ0) is 22.6. The van der Waals surface area contributed by atoms with Gasteiger partial charge in [0.15, 0.2) is 0 Å². The van der Waals surface area contributed by atoms with E-state index in [1.165, 1.54) is 6.07 Å². The van der Waals surface area contributed by atoms with Crippen LogP contribution in [0.1, 0.15) is 23.7 Å². The molecule has 0 saturated heterocycles. The fourth-order valence-corrected chi connectivity index (χ4v) is 2.83. The standard InChI is InChI=1S/C20H28N4O7/c1-2-30-9-7-21-19(28)14-11-17(26)23-15(12-25)20(29)22-8-10-31-16-6-4-3-5-13(16)18(27)24-14/h3-6,14-15,25H,2,7-12H2,1H3,(H,21,28)(H,22,29)(H,23,26)(H,24,27)/t14-,15-/m0/s1. The smallest absolute Gasteiger partial charge is 0.255 e. The third kappa shape index (κ3) is 7.54. The van der Waals surface area contributed by atoms with Crippen LogP contribution in [0.5, 0.6) is 5.75 Å². The number of rotatable bonds is 6. The summed E-state index contributed by atoms with van der Waals surface area (Å²) in [5, 5.41) is 19.5. The van der Waals surface area contributed by atoms with Gasteiger partial charge in [0.05, 0.1) is 31.7 Å². The van der Waals surface area contributed by atoms with Gasteiger partial charge in [-0.15, -0.1) is 0 Å². The first-order valence-electron chi connectivity index (χ1n) is 10.0. The number of aliphatic hydroxyl groups is 1. The second-order valence-electron chi connectivity index (χ2n) is 6.66. The number of nitrogens with one attached hydrogen (secondary N) is 4. The predicted molar refractivity (Wildman–Crippen MR) is 109 cm³/mol. The van der Waals surface area contributed by atoms with E-state index in [9.17, 15) is 24.3 Å². The Bertz CT molecular complexity index is 787. The number of ether oxygens (including phenoxy) is 2. The third-order valence-corrected chi connectivity index (χ3v) is 4.39. The maximum absolute atomic E-state index is 12.8. The van der Waals surface area contributed by atoms with E-state index in [4.69, 9.17) is 9.47 Å². The number of para-hydroxylation sites is 1. The second kappa shape index (κ2) is 12.5. The highest BCUT2D eigenvalue weighted by Crippen LogP contribution is 2.18. The van der Waals surface area contributed by atoms with Crippen molar-refractivity contribution in [3.8, 4) is 5.75 Å². The van der Waals surface area contributed by atoms with Gasteiger partial charge < -0.3 is 35.8 Å². The van der Waals surface area contributed by atoms with Crippen molar-refractivity contribution in [1.82, 2.24) is 21.3 Å². The van der Waals surface area contributed by atoms with Crippen molar-refractivity contribution in [2.45, 2.75) is 25.4 Å². The van der Waals surface area contributed by atoms with Crippen LogP contribution in [-0.4, -0.2) is 80.3 Å². The van der Waals surface area contributed by atoms with Crippen molar-refractivity contribution >= 4 is 23.6 Å². The molecule has 0 bridgehead atoms. The fourth-order valence-electron chi connectivity index (χ4n) is 2.83. The lowest BCUT2D eigenvalue weighted by molar-refractivity contribution is -0.131. The minimum Gasteiger partial charge on any atom is -0.491 e. The molecule has 2 atom stereocenters. The molecule has 0 aromatic heterocycles. The molecule has 170 valence electrons. The molecule has 0 aliphatic carbocycles. The maximum Gasteiger partial charge on any atom is 0.255 e. The zero-order valence-electron chi connectivity index (χ0n) is 17.3. The Morgan fingerprint density at radius 1 is 1.26 bits per heavy atom. The highest BCUT2D eigenvalue weighted by molar-refractivity contribution is 6.01. The highest BCUT2D eigenvalue weighted by Gasteiger charge is 2.28. The molecule has 0 spiro atoms. The molecule has 0 unspecified atom stereocenters. The molecule has 1 aliphatic rings. The molecule has 0 radical (unpaired) electrons. The number of hydrogen-bond acceptors (Lipinski definition) is 7. The average Bonchev–Trinajstić information content (AvgIpc) is 2.76. The monoisotopic (exact) mass is 436 g/mol. The highest BCUT2D eigenvalue weighted by atomic mass is 16.5. The number of fused-ring (bicyclic) bond motifs is 1. The Kier molecular flexibility index (Phi) is 9.72. The van der Waals surface area contributed by atoms with Gasteiger partial charge in [-0.3, -0.25) is 19.2 Å². The zero-order valence-corrected chi connectivity index (χ0v) is 17.3. The van der Waals surface area contributed by atoms with Crippen molar-refractivity contribution in [2.24, 2.45) is 0 Å². The second-order valence-corrected chi connectivity index (χ2v) is 6.66. The number of carbonyl (C=O) groups is 4. The summed E-state index contributed by atoms with van der Waals surface area (Å²) in [6.45, 7) is 2.31. The molecule has 1 aromatic rings. The molecule has 1 heterocycles. The lowest BCUT2D eigenvalue weighted by Gasteiger charge is -2.22. The number of hydrogen-bond donors (Lipinski definition) is 5. The van der Waals surface area contributed by atoms with Gasteiger partial charge >= 0.3 is 0 Å². The minimum atomic E-state index is -1.22. The first kappa shape index (κ1) is 24.1. The van der Waals surface area contributed by atoms with Crippen molar-refractivity contribution in [1.29, 1.82) is 0 Å². The van der Waals surface area contributed by atoms with Crippen LogP contribution in [0.4, 0.5) is 0 Å². The Labute approximate surface area is 179 Å². The lowest BCUT2D eigenvalue weighted by atomic mass is 10.1. The topological polar surface area (TPSA) is 155 Å². The summed E-state index contributed by atoms with van der Waals surface area (Å²) in [6, 6.07) is 4.03. The molecule has 11 heteroatoms. The Hall–Kier alpha value is -3.18. The van der Waals surface area contributed by atoms with Crippen LogP contribution in [0.25, 0.3) is 0 Å². The van der Waals surface area contributed by atoms with Crippen molar-refractivity contribution < 1.29 is 33.8 Å². The largest absolute Gasteiger partial charge is 0.491 e. The number of amides is 4. The molecule has 0 fully saturated rings. The van der Waals surface area contributed by atoms with Crippen LogP contribution in [-0.2, 0) is 19.1 Å². The van der Waals surface area contributed by atoms with E-state index >= 15 is 0 Å². The van der Waals surface area contributed by atoms with Gasteiger partial charge in [0, 0.05) is 13.2 Å². The average molecular weight is 436 g/mol. The number of benzene rings is 1. The molecule has 2 rings (SSSR count). The van der Waals surface area contributed by atoms with E-state index in [1.54, 1.807) is 18.2 Å². The molecule has 0 saturated carbocycles. The number of aliphatic hydroxyl groups excluding tert-OH is 1. The van der Waals surface area contributed by atoms with Gasteiger partial charge in [0.25, 0.3) is 5.91 Å². The van der Waals surface area contributed by atoms with E-state index in [2.05, 4.69) is 21.3 Å². The van der Waals surface area contributed by atoms with Gasteiger partial charge in [0.2, 0.25) is 17.7 Å². The van der Waals surface area contributed by atoms with Crippen molar-refractivity contribution in [3.05, 3.63) is 29.8 Å². The maximum atomic E-state index is 12.8. The summed E-state index contributed by atoms with van der Waals surface area (Å²) in [6.07, 6.45) is -0.432. The molecule has 31 heavy (non-hydrogen) atoms. The molecule has 1 aromatic carbocycles. The summed E-state index contributed by atoms with van der Waals surface area (Å²) < 4.78 is 10.8. The van der Waals surface area contributed by atoms with E-state index in [1.807, 2.05) is 6.92 Å². The van der Waals surface area contributed by atoms with Crippen molar-refractivity contribution in [2.75, 3.05) is 39.5 Å². The third-order valence-electron chi connectivity index (χ3n) is 4.39. The van der Waals surface area contributed by atoms with Crippen LogP contribution in [0.2, 0.25) is 0 Å². The molecular weight excluding hydrogens is 408 g/mol. The van der Waals surface area contributed by atoms with Crippen LogP contribution in [0.3, 0.4) is 0 Å². The molecule has 1 aliphatic heterocycles. The van der Waals surface area contributed by atoms with Gasteiger partial charge in [-0.05, 0) is 19.1 Å². The summed E-state index contributed by atoms with van der Waals surface area (Å²) in [7, 11) is 0. The number of carbonyl (C=O) groups excluding carboxylic acids is 4. The van der Waals surface area contributed by atoms with Crippen LogP contribution in [0, 0.1) is 0 Å². The summed E-state index contributed by atoms with van der Waals surface area (Å²) in [5.74, 6) is -2.18. The van der Waals surface area contributed by atoms with Crippen LogP contribution in [0.15, 0.2) is 24.3 Å². The summed E-state index contributed by atoms with van der Waals surface area (Å²) in [5.41, 5.74) is 0.187. The van der Waals surface area contributed by atoms with E-state index in [-0.39, 0.29) is 37.6 Å².